The van der Waals surface area contributed by atoms with Gasteiger partial charge in [-0.2, -0.15) is 8.42 Å². The molecule has 0 bridgehead atoms. The highest BCUT2D eigenvalue weighted by Gasteiger charge is 2.38. The molecule has 0 spiro atoms. The lowest BCUT2D eigenvalue weighted by molar-refractivity contribution is -0.129. The number of aromatic nitrogens is 1. The van der Waals surface area contributed by atoms with Crippen LogP contribution in [0.5, 0.6) is 0 Å². The van der Waals surface area contributed by atoms with Gasteiger partial charge < -0.3 is 14.6 Å². The van der Waals surface area contributed by atoms with E-state index in [0.717, 1.165) is 16.7 Å². The quantitative estimate of drug-likeness (QED) is 0.206. The van der Waals surface area contributed by atoms with Crippen molar-refractivity contribution in [2.24, 2.45) is 11.3 Å². The van der Waals surface area contributed by atoms with Crippen LogP contribution in [0.25, 0.3) is 11.3 Å². The smallest absolute Gasteiger partial charge is 0.266 e. The first-order valence-corrected chi connectivity index (χ1v) is 17.7. The number of amides is 1. The van der Waals surface area contributed by atoms with Gasteiger partial charge >= 0.3 is 0 Å². The number of allylic oxidation sites excluding steroid dienone is 6. The van der Waals surface area contributed by atoms with Crippen LogP contribution >= 0.6 is 11.6 Å². The summed E-state index contributed by atoms with van der Waals surface area (Å²) in [6.45, 7) is 9.81. The van der Waals surface area contributed by atoms with Gasteiger partial charge in [0.2, 0.25) is 5.91 Å². The van der Waals surface area contributed by atoms with Gasteiger partial charge in [-0.1, -0.05) is 86.9 Å². The average molecular weight is 695 g/mol. The van der Waals surface area contributed by atoms with Gasteiger partial charge in [0.15, 0.2) is 11.9 Å². The minimum absolute atomic E-state index is 0.0238. The second kappa shape index (κ2) is 13.9. The fraction of sp³-hybridized carbons (Fsp3) is 0.351. The predicted molar refractivity (Wildman–Crippen MR) is 184 cm³/mol. The third-order valence-electron chi connectivity index (χ3n) is 8.91. The Morgan fingerprint density at radius 2 is 1.92 bits per heavy atom. The molecule has 48 heavy (non-hydrogen) atoms. The number of hydrogen-bond donors (Lipinski definition) is 2. The van der Waals surface area contributed by atoms with Gasteiger partial charge in [0, 0.05) is 29.1 Å². The van der Waals surface area contributed by atoms with E-state index in [4.69, 9.17) is 25.4 Å². The maximum absolute atomic E-state index is 14.9. The van der Waals surface area contributed by atoms with Crippen molar-refractivity contribution < 1.29 is 31.4 Å². The first-order valence-electron chi connectivity index (χ1n) is 15.7. The zero-order valence-electron chi connectivity index (χ0n) is 27.5. The molecule has 0 radical (unpaired) electrons. The Morgan fingerprint density at radius 1 is 1.19 bits per heavy atom. The maximum Gasteiger partial charge on any atom is 0.266 e. The van der Waals surface area contributed by atoms with Crippen molar-refractivity contribution in [3.05, 3.63) is 124 Å². The number of hydrogen-bond acceptors (Lipinski definition) is 6. The van der Waals surface area contributed by atoms with Gasteiger partial charge in [-0.15, -0.1) is 0 Å². The van der Waals surface area contributed by atoms with Crippen molar-refractivity contribution in [2.45, 2.75) is 58.5 Å². The summed E-state index contributed by atoms with van der Waals surface area (Å²) in [5, 5.41) is 7.62. The second-order valence-electron chi connectivity index (χ2n) is 13.6. The second-order valence-corrected chi connectivity index (χ2v) is 15.6. The van der Waals surface area contributed by atoms with Gasteiger partial charge in [0.1, 0.15) is 17.3 Å². The van der Waals surface area contributed by atoms with E-state index in [2.05, 4.69) is 31.2 Å². The summed E-state index contributed by atoms with van der Waals surface area (Å²) in [5.74, 6) is -0.811. The number of carbonyl (C=O) groups excluding carboxylic acids is 1. The van der Waals surface area contributed by atoms with Crippen LogP contribution in [0.4, 0.5) is 4.39 Å². The van der Waals surface area contributed by atoms with Crippen molar-refractivity contribution in [1.29, 1.82) is 0 Å². The molecule has 2 aliphatic rings. The summed E-state index contributed by atoms with van der Waals surface area (Å²) < 4.78 is 58.4. The molecule has 1 aromatic heterocycles. The number of carbonyl (C=O) groups is 1. The summed E-state index contributed by atoms with van der Waals surface area (Å²) in [6.07, 6.45) is 10.9. The molecule has 11 heteroatoms. The minimum atomic E-state index is -4.20. The summed E-state index contributed by atoms with van der Waals surface area (Å²) >= 11 is 6.09. The topological polar surface area (TPSA) is 119 Å². The number of nitrogens with one attached hydrogen (secondary N) is 1. The van der Waals surface area contributed by atoms with E-state index in [-0.39, 0.29) is 29.7 Å². The normalized spacial score (nSPS) is 21.8. The molecule has 1 heterocycles. The zero-order valence-corrected chi connectivity index (χ0v) is 29.1. The van der Waals surface area contributed by atoms with Gasteiger partial charge in [0.05, 0.1) is 11.2 Å². The largest absolute Gasteiger partial charge is 0.480 e. The number of rotatable bonds is 10. The predicted octanol–water partition coefficient (Wildman–Crippen LogP) is 8.15. The molecule has 0 fully saturated rings. The molecular weight excluding hydrogens is 655 g/mol. The van der Waals surface area contributed by atoms with E-state index < -0.39 is 33.2 Å². The van der Waals surface area contributed by atoms with Crippen LogP contribution in [-0.4, -0.2) is 36.3 Å². The van der Waals surface area contributed by atoms with E-state index in [1.54, 1.807) is 25.1 Å². The molecule has 2 aliphatic carbocycles. The van der Waals surface area contributed by atoms with Gasteiger partial charge in [-0.3, -0.25) is 9.35 Å². The number of ether oxygens (including phenoxy) is 1. The number of benzene rings is 2. The highest BCUT2D eigenvalue weighted by Crippen LogP contribution is 2.39. The van der Waals surface area contributed by atoms with E-state index in [1.807, 2.05) is 61.6 Å². The standard InChI is InChI=1S/C37H40ClFN2O6S/c1-23-18-31(14-15-37(23,5)35(42)40-16-17-48(43,44)45)46-34(25-6-10-28(11-7-25)36(2,3)4)32-22-33(47-41-32)27-19-26(20-30(39)21-27)24-8-12-29(38)13-9-24/h6-8,10-15,18-24,34H,9,16-17H2,1-5H3,(H,40,42)(H,43,44,45). The van der Waals surface area contributed by atoms with Crippen molar-refractivity contribution in [2.75, 3.05) is 12.3 Å². The Balaban J connectivity index is 1.43. The van der Waals surface area contributed by atoms with Gasteiger partial charge in [-0.25, -0.2) is 4.39 Å². The van der Waals surface area contributed by atoms with Crippen molar-refractivity contribution in [3.8, 4) is 11.3 Å². The Kier molecular flexibility index (Phi) is 10.2. The van der Waals surface area contributed by atoms with Crippen LogP contribution in [0.15, 0.2) is 100 Å². The first-order chi connectivity index (χ1) is 22.5. The Labute approximate surface area is 286 Å². The molecule has 4 unspecified atom stereocenters. The third-order valence-corrected chi connectivity index (χ3v) is 9.91. The number of nitrogens with zero attached hydrogens (tertiary/aromatic N) is 1. The average Bonchev–Trinajstić information content (AvgIpc) is 3.51. The Morgan fingerprint density at radius 3 is 2.54 bits per heavy atom. The van der Waals surface area contributed by atoms with Crippen molar-refractivity contribution >= 4 is 27.6 Å². The summed E-state index contributed by atoms with van der Waals surface area (Å²) in [4.78, 5) is 13.0. The summed E-state index contributed by atoms with van der Waals surface area (Å²) in [6, 6.07) is 14.6. The van der Waals surface area contributed by atoms with Gasteiger partial charge in [0.25, 0.3) is 10.1 Å². The monoisotopic (exact) mass is 694 g/mol. The molecule has 5 rings (SSSR count). The van der Waals surface area contributed by atoms with E-state index in [0.29, 0.717) is 34.2 Å². The molecule has 0 saturated carbocycles. The minimum Gasteiger partial charge on any atom is -0.480 e. The highest BCUT2D eigenvalue weighted by molar-refractivity contribution is 7.85. The Bertz CT molecular complexity index is 1910. The van der Waals surface area contributed by atoms with E-state index in [9.17, 15) is 17.6 Å². The summed E-state index contributed by atoms with van der Waals surface area (Å²) in [7, 11) is -4.20. The van der Waals surface area contributed by atoms with Crippen LogP contribution in [0.3, 0.4) is 0 Å². The lowest BCUT2D eigenvalue weighted by Crippen LogP contribution is -2.43. The molecule has 4 atom stereocenters. The lowest BCUT2D eigenvalue weighted by Gasteiger charge is -2.33. The lowest BCUT2D eigenvalue weighted by atomic mass is 9.74. The van der Waals surface area contributed by atoms with Crippen LogP contribution in [0.1, 0.15) is 75.4 Å². The molecule has 2 aromatic carbocycles. The van der Waals surface area contributed by atoms with Crippen LogP contribution in [0.2, 0.25) is 0 Å². The van der Waals surface area contributed by atoms with Crippen LogP contribution < -0.4 is 5.32 Å². The van der Waals surface area contributed by atoms with Crippen molar-refractivity contribution in [3.63, 3.8) is 0 Å². The molecule has 3 aromatic rings. The first kappa shape index (κ1) is 35.3. The fourth-order valence-electron chi connectivity index (χ4n) is 5.68. The zero-order chi connectivity index (χ0) is 34.9. The van der Waals surface area contributed by atoms with Gasteiger partial charge in [-0.05, 0) is 77.8 Å². The molecular formula is C37H40ClFN2O6S. The molecule has 0 saturated heterocycles. The number of halogens is 2. The molecule has 2 N–H and O–H groups in total. The maximum atomic E-state index is 14.9. The third kappa shape index (κ3) is 8.35. The summed E-state index contributed by atoms with van der Waals surface area (Å²) in [5.41, 5.74) is 2.73. The van der Waals surface area contributed by atoms with Crippen molar-refractivity contribution in [1.82, 2.24) is 10.5 Å². The van der Waals surface area contributed by atoms with E-state index in [1.165, 1.54) is 12.1 Å². The fourth-order valence-corrected chi connectivity index (χ4v) is 6.20. The SMILES string of the molecule is CC1C=C(OC(c2ccc(C(C)(C)C)cc2)c2cc(-c3cc(F)cc(C4C=CC(Cl)=CC4)c3)on2)C=CC1(C)C(=O)NCCS(=O)(=O)O. The molecule has 1 amide bonds. The Hall–Kier alpha value is -3.99. The molecule has 8 nitrogen and oxygen atoms in total. The molecule has 254 valence electrons. The van der Waals surface area contributed by atoms with Crippen LogP contribution in [-0.2, 0) is 25.1 Å². The van der Waals surface area contributed by atoms with E-state index >= 15 is 0 Å². The molecule has 0 aliphatic heterocycles. The van der Waals surface area contributed by atoms with Crippen LogP contribution in [0, 0.1) is 17.2 Å². The highest BCUT2D eigenvalue weighted by atomic mass is 35.5.